The van der Waals surface area contributed by atoms with Gasteiger partial charge in [-0.15, -0.1) is 11.8 Å². The third-order valence-corrected chi connectivity index (χ3v) is 4.14. The van der Waals surface area contributed by atoms with E-state index in [1.54, 1.807) is 24.3 Å². The Balaban J connectivity index is 2.26. The van der Waals surface area contributed by atoms with Gasteiger partial charge in [-0.2, -0.15) is 0 Å². The molecule has 3 heteroatoms. The molecule has 0 heterocycles. The number of hydrogen-bond donors (Lipinski definition) is 0. The fourth-order valence-corrected chi connectivity index (χ4v) is 3.24. The van der Waals surface area contributed by atoms with Crippen LogP contribution in [0.2, 0.25) is 0 Å². The number of carbonyl (C=O) groups excluding carboxylic acids is 2. The van der Waals surface area contributed by atoms with Crippen LogP contribution in [0.3, 0.4) is 0 Å². The van der Waals surface area contributed by atoms with E-state index < -0.39 is 0 Å². The summed E-state index contributed by atoms with van der Waals surface area (Å²) in [6, 6.07) is 7.03. The summed E-state index contributed by atoms with van der Waals surface area (Å²) in [4.78, 5) is 24.8. The third-order valence-electron chi connectivity index (χ3n) is 2.95. The van der Waals surface area contributed by atoms with Crippen LogP contribution in [0.15, 0.2) is 35.2 Å². The maximum atomic E-state index is 12.3. The molecule has 0 N–H and O–H groups in total. The second-order valence-corrected chi connectivity index (χ2v) is 5.94. The Bertz CT molecular complexity index is 517. The van der Waals surface area contributed by atoms with Gasteiger partial charge in [0.15, 0.2) is 11.6 Å². The van der Waals surface area contributed by atoms with Crippen molar-refractivity contribution in [1.29, 1.82) is 0 Å². The van der Waals surface area contributed by atoms with Gasteiger partial charge in [0.2, 0.25) is 0 Å². The van der Waals surface area contributed by atoms with Crippen molar-refractivity contribution >= 4 is 23.3 Å². The second kappa shape index (κ2) is 5.53. The van der Waals surface area contributed by atoms with Crippen LogP contribution < -0.4 is 0 Å². The molecule has 0 spiro atoms. The molecule has 1 aliphatic rings. The van der Waals surface area contributed by atoms with E-state index in [0.717, 1.165) is 12.8 Å². The second-order valence-electron chi connectivity index (χ2n) is 4.46. The maximum absolute atomic E-state index is 12.3. The van der Waals surface area contributed by atoms with Crippen LogP contribution in [0.4, 0.5) is 0 Å². The van der Waals surface area contributed by atoms with E-state index in [1.807, 2.05) is 0 Å². The lowest BCUT2D eigenvalue weighted by atomic mass is 9.95. The molecule has 0 bridgehead atoms. The van der Waals surface area contributed by atoms with Crippen molar-refractivity contribution in [2.45, 2.75) is 31.9 Å². The number of Topliss-reactive ketones (excluding diaryl/α,β-unsaturated/α-hetero) is 1. The molecule has 0 aromatic heterocycles. The molecular formula is C15H16O2S. The lowest BCUT2D eigenvalue weighted by Crippen LogP contribution is -2.16. The number of thioether (sulfide) groups is 1. The fraction of sp³-hybridized carbons (Fsp3) is 0.333. The highest BCUT2D eigenvalue weighted by Crippen LogP contribution is 2.32. The van der Waals surface area contributed by atoms with E-state index >= 15 is 0 Å². The Kier molecular flexibility index (Phi) is 4.02. The van der Waals surface area contributed by atoms with Crippen molar-refractivity contribution in [1.82, 2.24) is 0 Å². The van der Waals surface area contributed by atoms with Gasteiger partial charge >= 0.3 is 0 Å². The Morgan fingerprint density at radius 1 is 1.17 bits per heavy atom. The predicted octanol–water partition coefficient (Wildman–Crippen LogP) is 3.87. The molecule has 0 saturated heterocycles. The lowest BCUT2D eigenvalue weighted by molar-refractivity contribution is 0.0991. The minimum Gasteiger partial charge on any atom is -0.289 e. The molecule has 1 atom stereocenters. The van der Waals surface area contributed by atoms with Crippen molar-refractivity contribution < 1.29 is 9.59 Å². The van der Waals surface area contributed by atoms with Crippen molar-refractivity contribution in [2.75, 3.05) is 0 Å². The predicted molar refractivity (Wildman–Crippen MR) is 75.1 cm³/mol. The SMILES string of the molecule is CCCC(C)SC1=CC(=O)c2ccccc2C1=O. The zero-order chi connectivity index (χ0) is 13.1. The van der Waals surface area contributed by atoms with Crippen molar-refractivity contribution in [3.8, 4) is 0 Å². The molecule has 94 valence electrons. The molecule has 1 aromatic rings. The fourth-order valence-electron chi connectivity index (χ4n) is 2.06. The van der Waals surface area contributed by atoms with Crippen molar-refractivity contribution in [2.24, 2.45) is 0 Å². The van der Waals surface area contributed by atoms with E-state index in [9.17, 15) is 9.59 Å². The number of allylic oxidation sites excluding steroid dienone is 2. The van der Waals surface area contributed by atoms with Crippen LogP contribution in [0.5, 0.6) is 0 Å². The van der Waals surface area contributed by atoms with Crippen LogP contribution in [0.1, 0.15) is 47.4 Å². The highest BCUT2D eigenvalue weighted by molar-refractivity contribution is 8.04. The smallest absolute Gasteiger partial charge is 0.200 e. The number of hydrogen-bond acceptors (Lipinski definition) is 3. The van der Waals surface area contributed by atoms with E-state index in [0.29, 0.717) is 21.3 Å². The van der Waals surface area contributed by atoms with Gasteiger partial charge in [-0.25, -0.2) is 0 Å². The molecule has 0 amide bonds. The van der Waals surface area contributed by atoms with Crippen molar-refractivity contribution in [3.05, 3.63) is 46.4 Å². The topological polar surface area (TPSA) is 34.1 Å². The summed E-state index contributed by atoms with van der Waals surface area (Å²) in [6.45, 7) is 4.21. The molecule has 2 rings (SSSR count). The van der Waals surface area contributed by atoms with Gasteiger partial charge in [-0.1, -0.05) is 44.5 Å². The first-order valence-electron chi connectivity index (χ1n) is 6.20. The summed E-state index contributed by atoms with van der Waals surface area (Å²) < 4.78 is 0. The maximum Gasteiger partial charge on any atom is 0.200 e. The van der Waals surface area contributed by atoms with Gasteiger partial charge in [0.1, 0.15) is 0 Å². The van der Waals surface area contributed by atoms with E-state index in [4.69, 9.17) is 0 Å². The summed E-state index contributed by atoms with van der Waals surface area (Å²) in [5.41, 5.74) is 1.06. The number of benzene rings is 1. The molecule has 2 nitrogen and oxygen atoms in total. The minimum absolute atomic E-state index is 0.0156. The number of carbonyl (C=O) groups is 2. The summed E-state index contributed by atoms with van der Waals surface area (Å²) in [6.07, 6.45) is 3.62. The van der Waals surface area contributed by atoms with Crippen LogP contribution in [0, 0.1) is 0 Å². The Morgan fingerprint density at radius 2 is 1.83 bits per heavy atom. The van der Waals surface area contributed by atoms with E-state index in [-0.39, 0.29) is 11.6 Å². The highest BCUT2D eigenvalue weighted by Gasteiger charge is 2.26. The normalized spacial score (nSPS) is 16.2. The summed E-state index contributed by atoms with van der Waals surface area (Å²) in [7, 11) is 0. The standard InChI is InChI=1S/C15H16O2S/c1-3-6-10(2)18-14-9-13(16)11-7-4-5-8-12(11)15(14)17/h4-5,7-10H,3,6H2,1-2H3. The number of rotatable bonds is 4. The van der Waals surface area contributed by atoms with Gasteiger partial charge in [0.25, 0.3) is 0 Å². The van der Waals surface area contributed by atoms with Gasteiger partial charge in [0, 0.05) is 22.5 Å². The van der Waals surface area contributed by atoms with Gasteiger partial charge in [-0.3, -0.25) is 9.59 Å². The highest BCUT2D eigenvalue weighted by atomic mass is 32.2. The Labute approximate surface area is 111 Å². The molecule has 0 radical (unpaired) electrons. The summed E-state index contributed by atoms with van der Waals surface area (Å²) >= 11 is 1.51. The van der Waals surface area contributed by atoms with Gasteiger partial charge < -0.3 is 0 Å². The van der Waals surface area contributed by atoms with Crippen LogP contribution in [-0.2, 0) is 0 Å². The average molecular weight is 260 g/mol. The quantitative estimate of drug-likeness (QED) is 0.824. The zero-order valence-corrected chi connectivity index (χ0v) is 11.4. The molecule has 1 unspecified atom stereocenters. The third kappa shape index (κ3) is 2.56. The molecule has 0 aliphatic heterocycles. The zero-order valence-electron chi connectivity index (χ0n) is 10.6. The van der Waals surface area contributed by atoms with Gasteiger partial charge in [0.05, 0.1) is 4.91 Å². The molecule has 0 saturated carbocycles. The minimum atomic E-state index is -0.0589. The van der Waals surface area contributed by atoms with Crippen LogP contribution in [0.25, 0.3) is 0 Å². The molecule has 1 aromatic carbocycles. The first-order chi connectivity index (χ1) is 8.63. The van der Waals surface area contributed by atoms with E-state index in [2.05, 4.69) is 13.8 Å². The monoisotopic (exact) mass is 260 g/mol. The van der Waals surface area contributed by atoms with Crippen molar-refractivity contribution in [3.63, 3.8) is 0 Å². The largest absolute Gasteiger partial charge is 0.289 e. The first-order valence-corrected chi connectivity index (χ1v) is 7.08. The summed E-state index contributed by atoms with van der Waals surface area (Å²) in [5.74, 6) is -0.0745. The Hall–Kier alpha value is -1.35. The van der Waals surface area contributed by atoms with Crippen LogP contribution >= 0.6 is 11.8 Å². The lowest BCUT2D eigenvalue weighted by Gasteiger charge is -2.17. The van der Waals surface area contributed by atoms with Crippen LogP contribution in [-0.4, -0.2) is 16.8 Å². The van der Waals surface area contributed by atoms with E-state index in [1.165, 1.54) is 17.8 Å². The summed E-state index contributed by atoms with van der Waals surface area (Å²) in [5, 5.41) is 0.364. The molecule has 1 aliphatic carbocycles. The van der Waals surface area contributed by atoms with Gasteiger partial charge in [-0.05, 0) is 6.42 Å². The number of fused-ring (bicyclic) bond motifs is 1. The Morgan fingerprint density at radius 3 is 2.50 bits per heavy atom. The first kappa shape index (κ1) is 13.1. The number of ketones is 2. The molecule has 18 heavy (non-hydrogen) atoms. The molecule has 0 fully saturated rings. The average Bonchev–Trinajstić information content (AvgIpc) is 2.36. The molecular weight excluding hydrogens is 244 g/mol.